The normalized spacial score (nSPS) is 13.9. The summed E-state index contributed by atoms with van der Waals surface area (Å²) in [6.07, 6.45) is 7.11. The van der Waals surface area contributed by atoms with Crippen molar-refractivity contribution in [1.82, 2.24) is 0 Å². The van der Waals surface area contributed by atoms with E-state index in [2.05, 4.69) is 0 Å². The van der Waals surface area contributed by atoms with Crippen molar-refractivity contribution in [2.45, 2.75) is 64.8 Å². The Labute approximate surface area is 133 Å². The molecule has 0 saturated heterocycles. The Morgan fingerprint density at radius 1 is 1.06 bits per heavy atom. The van der Waals surface area contributed by atoms with E-state index in [1.165, 1.54) is 32.1 Å². The molecule has 0 bridgehead atoms. The summed E-state index contributed by atoms with van der Waals surface area (Å²) in [5, 5.41) is 15.4. The first-order valence-electron chi connectivity index (χ1n) is 6.13. The quantitative estimate of drug-likeness (QED) is 0.580. The number of hydrogen-bond acceptors (Lipinski definition) is 3. The van der Waals surface area contributed by atoms with Crippen molar-refractivity contribution in [3.63, 3.8) is 0 Å². The maximum absolute atomic E-state index is 9.37. The van der Waals surface area contributed by atoms with Crippen molar-refractivity contribution in [3.8, 4) is 0 Å². The topological polar surface area (TPSA) is 101 Å². The Hall–Kier alpha value is -0.100. The van der Waals surface area contributed by atoms with E-state index in [0.29, 0.717) is 6.04 Å². The zero-order chi connectivity index (χ0) is 13.7. The van der Waals surface area contributed by atoms with E-state index in [-0.39, 0.29) is 43.8 Å². The molecule has 1 rings (SSSR count). The van der Waals surface area contributed by atoms with Gasteiger partial charge in [0.15, 0.2) is 0 Å². The van der Waals surface area contributed by atoms with E-state index in [1.54, 1.807) is 13.8 Å². The minimum Gasteiger partial charge on any atom is -1.00 e. The molecule has 0 heterocycles. The number of carboxylic acids is 2. The molecule has 4 N–H and O–H groups in total. The van der Waals surface area contributed by atoms with Crippen molar-refractivity contribution in [3.05, 3.63) is 0 Å². The Morgan fingerprint density at radius 2 is 1.33 bits per heavy atom. The average molecular weight is 271 g/mol. The number of carbonyl (C=O) groups is 2. The van der Waals surface area contributed by atoms with Crippen LogP contribution in [0, 0.1) is 0 Å². The molecular weight excluding hydrogens is 245 g/mol. The van der Waals surface area contributed by atoms with Gasteiger partial charge in [-0.05, 0) is 12.8 Å². The van der Waals surface area contributed by atoms with Crippen molar-refractivity contribution >= 4 is 11.9 Å². The van der Waals surface area contributed by atoms with Crippen molar-refractivity contribution in [2.24, 2.45) is 5.73 Å². The number of nitrogens with two attached hydrogens (primary N) is 1. The van der Waals surface area contributed by atoms with Crippen LogP contribution in [-0.4, -0.2) is 28.2 Å². The van der Waals surface area contributed by atoms with Gasteiger partial charge in [0.05, 0.1) is 0 Å². The second kappa shape index (κ2) is 16.9. The zero-order valence-corrected chi connectivity index (χ0v) is 13.8. The summed E-state index contributed by atoms with van der Waals surface area (Å²) in [5.74, 6) is -1.49. The molecule has 6 heteroatoms. The molecule has 0 radical (unpaired) electrons. The fourth-order valence-corrected chi connectivity index (χ4v) is 1.13. The van der Waals surface area contributed by atoms with Gasteiger partial charge < -0.3 is 17.4 Å². The molecule has 1 aliphatic rings. The molecule has 5 nitrogen and oxygen atoms in total. The third-order valence-corrected chi connectivity index (χ3v) is 2.25. The molecule has 0 atom stereocenters. The van der Waals surface area contributed by atoms with Gasteiger partial charge in [0, 0.05) is 18.9 Å². The van der Waals surface area contributed by atoms with Gasteiger partial charge in [-0.1, -0.05) is 33.1 Å². The molecule has 1 aliphatic carbocycles. The molecule has 0 unspecified atom stereocenters. The van der Waals surface area contributed by atoms with Gasteiger partial charge in [-0.3, -0.25) is 9.59 Å². The summed E-state index contributed by atoms with van der Waals surface area (Å²) in [5.41, 5.74) is 5.63. The predicted octanol–water partition coefficient (Wildman–Crippen LogP) is -0.644. The Morgan fingerprint density at radius 3 is 1.44 bits per heavy atom. The summed E-state index contributed by atoms with van der Waals surface area (Å²) in [4.78, 5) is 18.7. The summed E-state index contributed by atoms with van der Waals surface area (Å²) < 4.78 is 0. The monoisotopic (exact) mass is 271 g/mol. The maximum Gasteiger partial charge on any atom is 1.00 e. The van der Waals surface area contributed by atoms with Crippen LogP contribution < -0.4 is 35.3 Å². The molecule has 104 valence electrons. The van der Waals surface area contributed by atoms with E-state index in [4.69, 9.17) is 15.9 Å². The summed E-state index contributed by atoms with van der Waals surface area (Å²) >= 11 is 0. The van der Waals surface area contributed by atoms with Gasteiger partial charge in [0.25, 0.3) is 0 Å². The second-order valence-electron chi connectivity index (χ2n) is 3.89. The van der Waals surface area contributed by atoms with Crippen molar-refractivity contribution < 1.29 is 50.8 Å². The second-order valence-corrected chi connectivity index (χ2v) is 3.89. The van der Waals surface area contributed by atoms with Gasteiger partial charge in [0.2, 0.25) is 0 Å². The first kappa shape index (κ1) is 23.0. The summed E-state index contributed by atoms with van der Waals surface area (Å²) in [6, 6.07) is 0.536. The molecule has 0 aromatic rings. The third kappa shape index (κ3) is 24.9. The molecule has 0 spiro atoms. The van der Waals surface area contributed by atoms with Crippen LogP contribution in [0.4, 0.5) is 0 Å². The minimum atomic E-state index is -0.745. The van der Waals surface area contributed by atoms with E-state index >= 15 is 0 Å². The van der Waals surface area contributed by atoms with E-state index in [9.17, 15) is 9.59 Å². The van der Waals surface area contributed by atoms with Crippen LogP contribution in [0.1, 0.15) is 60.2 Å². The van der Waals surface area contributed by atoms with E-state index in [0.717, 1.165) is 0 Å². The summed E-state index contributed by atoms with van der Waals surface area (Å²) in [7, 11) is 0. The van der Waals surface area contributed by atoms with Crippen molar-refractivity contribution in [2.75, 3.05) is 0 Å². The molecule has 1 fully saturated rings. The predicted molar refractivity (Wildman–Crippen MR) is 68.0 cm³/mol. The van der Waals surface area contributed by atoms with Gasteiger partial charge in [-0.2, -0.15) is 0 Å². The fourth-order valence-electron chi connectivity index (χ4n) is 1.13. The van der Waals surface area contributed by atoms with Gasteiger partial charge in [0.1, 0.15) is 0 Å². The van der Waals surface area contributed by atoms with Gasteiger partial charge in [-0.15, -0.1) is 0 Å². The minimum absolute atomic E-state index is 0. The molecule has 0 amide bonds. The smallest absolute Gasteiger partial charge is 1.00 e. The Balaban J connectivity index is -0.0000000866. The number of hydrogen-bond donors (Lipinski definition) is 3. The van der Waals surface area contributed by atoms with Crippen LogP contribution in [0.5, 0.6) is 0 Å². The van der Waals surface area contributed by atoms with Crippen LogP contribution in [0.25, 0.3) is 0 Å². The fraction of sp³-hybridized carbons (Fsp3) is 0.833. The largest absolute Gasteiger partial charge is 1.00 e. The molecule has 0 aliphatic heterocycles. The maximum atomic E-state index is 9.37. The number of carboxylic acid groups (broad SMARTS) is 2. The Bertz CT molecular complexity index is 198. The molecule has 0 aromatic heterocycles. The zero-order valence-electron chi connectivity index (χ0n) is 12.8. The van der Waals surface area contributed by atoms with E-state index < -0.39 is 11.9 Å². The molecular formula is C12H26NNaO4. The first-order chi connectivity index (χ1) is 7.93. The van der Waals surface area contributed by atoms with E-state index in [1.807, 2.05) is 0 Å². The van der Waals surface area contributed by atoms with Crippen LogP contribution >= 0.6 is 0 Å². The third-order valence-electron chi connectivity index (χ3n) is 2.25. The van der Waals surface area contributed by atoms with Gasteiger partial charge in [-0.25, -0.2) is 0 Å². The molecule has 1 saturated carbocycles. The van der Waals surface area contributed by atoms with Crippen molar-refractivity contribution in [1.29, 1.82) is 0 Å². The van der Waals surface area contributed by atoms with Crippen LogP contribution in [0.2, 0.25) is 0 Å². The average Bonchev–Trinajstić information content (AvgIpc) is 2.31. The van der Waals surface area contributed by atoms with Gasteiger partial charge >= 0.3 is 41.5 Å². The summed E-state index contributed by atoms with van der Waals surface area (Å²) in [6.45, 7) is 3.20. The Kier molecular flexibility index (Phi) is 21.6. The van der Waals surface area contributed by atoms with Crippen LogP contribution in [0.15, 0.2) is 0 Å². The molecule has 18 heavy (non-hydrogen) atoms. The standard InChI is InChI=1S/C6H13N.2C3H6O2.Na.H/c7-6-4-2-1-3-5-6;2*1-2-3(4)5;;/h6H,1-5,7H2;2*2H2,1H3,(H,4,5);;/q;;;+1;-1. The number of aliphatic carboxylic acids is 2. The molecule has 0 aromatic carbocycles. The van der Waals surface area contributed by atoms with Crippen LogP contribution in [-0.2, 0) is 9.59 Å². The SMILES string of the molecule is CCC(=O)O.CCC(=O)O.NC1CCCCC1.[H-].[Na+]. The van der Waals surface area contributed by atoms with Crippen LogP contribution in [0.3, 0.4) is 0 Å². The number of rotatable bonds is 2. The first-order valence-corrected chi connectivity index (χ1v) is 6.13.